The first-order valence-electron chi connectivity index (χ1n) is 6.40. The Bertz CT molecular complexity index is 679. The van der Waals surface area contributed by atoms with Gasteiger partial charge in [-0.15, -0.1) is 0 Å². The SMILES string of the molecule is Cc1cc(C)cc(CNc2cc(C(=O)O)c(F)cc2F)c1. The number of halogens is 2. The first-order chi connectivity index (χ1) is 9.86. The van der Waals surface area contributed by atoms with Crippen molar-refractivity contribution < 1.29 is 18.7 Å². The number of carboxylic acids is 1. The fourth-order valence-corrected chi connectivity index (χ4v) is 2.22. The predicted molar refractivity (Wildman–Crippen MR) is 76.6 cm³/mol. The number of aromatic carboxylic acids is 1. The van der Waals surface area contributed by atoms with Gasteiger partial charge >= 0.3 is 5.97 Å². The van der Waals surface area contributed by atoms with E-state index in [1.165, 1.54) is 0 Å². The lowest BCUT2D eigenvalue weighted by molar-refractivity contribution is 0.0692. The maximum Gasteiger partial charge on any atom is 0.338 e. The molecule has 0 heterocycles. The molecule has 0 saturated carbocycles. The zero-order chi connectivity index (χ0) is 15.6. The van der Waals surface area contributed by atoms with Crippen LogP contribution >= 0.6 is 0 Å². The van der Waals surface area contributed by atoms with Crippen LogP contribution in [0, 0.1) is 25.5 Å². The Morgan fingerprint density at radius 3 is 2.24 bits per heavy atom. The lowest BCUT2D eigenvalue weighted by Gasteiger charge is -2.10. The van der Waals surface area contributed by atoms with E-state index in [-0.39, 0.29) is 5.69 Å². The zero-order valence-corrected chi connectivity index (χ0v) is 11.7. The second-order valence-corrected chi connectivity index (χ2v) is 4.97. The molecule has 0 unspecified atom stereocenters. The number of anilines is 1. The normalized spacial score (nSPS) is 10.5. The van der Waals surface area contributed by atoms with Crippen molar-refractivity contribution in [1.29, 1.82) is 0 Å². The maximum absolute atomic E-state index is 13.7. The van der Waals surface area contributed by atoms with Crippen molar-refractivity contribution in [2.45, 2.75) is 20.4 Å². The molecule has 2 N–H and O–H groups in total. The molecule has 0 spiro atoms. The third kappa shape index (κ3) is 3.56. The van der Waals surface area contributed by atoms with Crippen LogP contribution < -0.4 is 5.32 Å². The van der Waals surface area contributed by atoms with E-state index >= 15 is 0 Å². The molecule has 2 aromatic carbocycles. The molecule has 0 aliphatic carbocycles. The molecule has 0 fully saturated rings. The summed E-state index contributed by atoms with van der Waals surface area (Å²) in [5.74, 6) is -3.33. The van der Waals surface area contributed by atoms with E-state index in [0.29, 0.717) is 12.6 Å². The summed E-state index contributed by atoms with van der Waals surface area (Å²) in [5, 5.41) is 11.6. The van der Waals surface area contributed by atoms with E-state index in [0.717, 1.165) is 22.8 Å². The van der Waals surface area contributed by atoms with Gasteiger partial charge in [-0.3, -0.25) is 0 Å². The van der Waals surface area contributed by atoms with Gasteiger partial charge in [0.25, 0.3) is 0 Å². The molecule has 21 heavy (non-hydrogen) atoms. The van der Waals surface area contributed by atoms with Gasteiger partial charge in [-0.05, 0) is 25.5 Å². The maximum atomic E-state index is 13.7. The van der Waals surface area contributed by atoms with Crippen molar-refractivity contribution in [2.24, 2.45) is 0 Å². The Hall–Kier alpha value is -2.43. The van der Waals surface area contributed by atoms with E-state index in [9.17, 15) is 13.6 Å². The number of hydrogen-bond donors (Lipinski definition) is 2. The average molecular weight is 291 g/mol. The van der Waals surface area contributed by atoms with Crippen LogP contribution in [0.3, 0.4) is 0 Å². The number of carbonyl (C=O) groups is 1. The van der Waals surface area contributed by atoms with Gasteiger partial charge in [0.05, 0.1) is 11.3 Å². The standard InChI is InChI=1S/C16H15F2NO2/c1-9-3-10(2)5-11(4-9)8-19-15-6-12(16(20)21)13(17)7-14(15)18/h3-7,19H,8H2,1-2H3,(H,20,21). The lowest BCUT2D eigenvalue weighted by Crippen LogP contribution is -2.07. The zero-order valence-electron chi connectivity index (χ0n) is 11.7. The minimum atomic E-state index is -1.43. The Labute approximate surface area is 121 Å². The first kappa shape index (κ1) is 15.0. The fourth-order valence-electron chi connectivity index (χ4n) is 2.22. The number of carboxylic acid groups (broad SMARTS) is 1. The molecule has 2 aromatic rings. The molecule has 0 aliphatic rings. The van der Waals surface area contributed by atoms with Crippen LogP contribution in [0.15, 0.2) is 30.3 Å². The number of rotatable bonds is 4. The molecule has 3 nitrogen and oxygen atoms in total. The Kier molecular flexibility index (Phi) is 4.21. The molecule has 0 radical (unpaired) electrons. The van der Waals surface area contributed by atoms with Gasteiger partial charge in [-0.25, -0.2) is 13.6 Å². The van der Waals surface area contributed by atoms with Gasteiger partial charge in [0.1, 0.15) is 11.6 Å². The summed E-state index contributed by atoms with van der Waals surface area (Å²) in [6, 6.07) is 7.45. The topological polar surface area (TPSA) is 49.3 Å². The van der Waals surface area contributed by atoms with Crippen LogP contribution in [-0.4, -0.2) is 11.1 Å². The van der Waals surface area contributed by atoms with Gasteiger partial charge in [0.2, 0.25) is 0 Å². The molecular formula is C16H15F2NO2. The second kappa shape index (κ2) is 5.91. The van der Waals surface area contributed by atoms with E-state index in [2.05, 4.69) is 5.32 Å². The summed E-state index contributed by atoms with van der Waals surface area (Å²) in [6.07, 6.45) is 0. The van der Waals surface area contributed by atoms with Crippen LogP contribution in [0.4, 0.5) is 14.5 Å². The number of hydrogen-bond acceptors (Lipinski definition) is 2. The number of nitrogens with one attached hydrogen (secondary N) is 1. The fraction of sp³-hybridized carbons (Fsp3) is 0.188. The van der Waals surface area contributed by atoms with E-state index in [1.807, 2.05) is 32.0 Å². The van der Waals surface area contributed by atoms with Gasteiger partial charge in [-0.2, -0.15) is 0 Å². The van der Waals surface area contributed by atoms with Gasteiger partial charge in [-0.1, -0.05) is 29.3 Å². The Morgan fingerprint density at radius 1 is 1.05 bits per heavy atom. The molecule has 0 saturated heterocycles. The minimum Gasteiger partial charge on any atom is -0.478 e. The summed E-state index contributed by atoms with van der Waals surface area (Å²) in [5.41, 5.74) is 2.51. The summed E-state index contributed by atoms with van der Waals surface area (Å²) >= 11 is 0. The molecule has 0 aromatic heterocycles. The van der Waals surface area contributed by atoms with Crippen LogP contribution in [0.5, 0.6) is 0 Å². The van der Waals surface area contributed by atoms with E-state index in [1.54, 1.807) is 0 Å². The van der Waals surface area contributed by atoms with Crippen LogP contribution in [-0.2, 0) is 6.54 Å². The van der Waals surface area contributed by atoms with Crippen molar-refractivity contribution >= 4 is 11.7 Å². The highest BCUT2D eigenvalue weighted by Crippen LogP contribution is 2.21. The Morgan fingerprint density at radius 2 is 1.67 bits per heavy atom. The predicted octanol–water partition coefficient (Wildman–Crippen LogP) is 3.89. The molecule has 0 amide bonds. The van der Waals surface area contributed by atoms with Crippen molar-refractivity contribution in [3.8, 4) is 0 Å². The highest BCUT2D eigenvalue weighted by molar-refractivity contribution is 5.89. The van der Waals surface area contributed by atoms with Crippen LogP contribution in [0.1, 0.15) is 27.0 Å². The molecule has 5 heteroatoms. The second-order valence-electron chi connectivity index (χ2n) is 4.97. The molecular weight excluding hydrogens is 276 g/mol. The van der Waals surface area contributed by atoms with Crippen LogP contribution in [0.2, 0.25) is 0 Å². The average Bonchev–Trinajstić information content (AvgIpc) is 2.36. The quantitative estimate of drug-likeness (QED) is 0.898. The number of benzene rings is 2. The molecule has 110 valence electrons. The van der Waals surface area contributed by atoms with E-state index in [4.69, 9.17) is 5.11 Å². The number of aryl methyl sites for hydroxylation is 2. The smallest absolute Gasteiger partial charge is 0.338 e. The van der Waals surface area contributed by atoms with Gasteiger partial charge in [0, 0.05) is 12.6 Å². The third-order valence-corrected chi connectivity index (χ3v) is 3.05. The highest BCUT2D eigenvalue weighted by atomic mass is 19.1. The minimum absolute atomic E-state index is 0.0343. The summed E-state index contributed by atoms with van der Waals surface area (Å²) in [4.78, 5) is 10.9. The monoisotopic (exact) mass is 291 g/mol. The van der Waals surface area contributed by atoms with Crippen molar-refractivity contribution in [1.82, 2.24) is 0 Å². The van der Waals surface area contributed by atoms with Crippen molar-refractivity contribution in [2.75, 3.05) is 5.32 Å². The molecule has 0 bridgehead atoms. The highest BCUT2D eigenvalue weighted by Gasteiger charge is 2.15. The Balaban J connectivity index is 2.23. The van der Waals surface area contributed by atoms with E-state index < -0.39 is 23.2 Å². The molecule has 2 rings (SSSR count). The van der Waals surface area contributed by atoms with Gasteiger partial charge in [0.15, 0.2) is 0 Å². The van der Waals surface area contributed by atoms with Gasteiger partial charge < -0.3 is 10.4 Å². The first-order valence-corrected chi connectivity index (χ1v) is 6.40. The summed E-state index contributed by atoms with van der Waals surface area (Å²) in [7, 11) is 0. The molecule has 0 atom stereocenters. The molecule has 0 aliphatic heterocycles. The van der Waals surface area contributed by atoms with Crippen molar-refractivity contribution in [3.63, 3.8) is 0 Å². The lowest BCUT2D eigenvalue weighted by atomic mass is 10.1. The largest absolute Gasteiger partial charge is 0.478 e. The van der Waals surface area contributed by atoms with Crippen LogP contribution in [0.25, 0.3) is 0 Å². The summed E-state index contributed by atoms with van der Waals surface area (Å²) < 4.78 is 27.0. The van der Waals surface area contributed by atoms with Crippen molar-refractivity contribution in [3.05, 3.63) is 64.2 Å². The third-order valence-electron chi connectivity index (χ3n) is 3.05. The summed E-state index contributed by atoms with van der Waals surface area (Å²) in [6.45, 7) is 4.24.